The van der Waals surface area contributed by atoms with Crippen LogP contribution in [0.2, 0.25) is 19.6 Å². The molecule has 1 fully saturated rings. The predicted molar refractivity (Wildman–Crippen MR) is 41.5 cm³/mol. The van der Waals surface area contributed by atoms with Gasteiger partial charge in [-0.3, -0.25) is 0 Å². The van der Waals surface area contributed by atoms with Crippen molar-refractivity contribution in [3.63, 3.8) is 0 Å². The lowest BCUT2D eigenvalue weighted by molar-refractivity contribution is -0.132. The molecule has 0 aromatic heterocycles. The van der Waals surface area contributed by atoms with Gasteiger partial charge >= 0.3 is 12.1 Å². The summed E-state index contributed by atoms with van der Waals surface area (Å²) in [6.07, 6.45) is -0.478. The zero-order valence-electron chi connectivity index (χ0n) is 6.88. The van der Waals surface area contributed by atoms with Crippen LogP contribution >= 0.6 is 0 Å². The maximum absolute atomic E-state index is 10.9. The highest BCUT2D eigenvalue weighted by molar-refractivity contribution is 6.75. The molecule has 0 spiro atoms. The topological polar surface area (TPSA) is 46.6 Å². The molecular formula is C6H11NO3Si. The Labute approximate surface area is 66.2 Å². The Morgan fingerprint density at radius 1 is 1.36 bits per heavy atom. The van der Waals surface area contributed by atoms with E-state index in [1.165, 1.54) is 4.57 Å². The van der Waals surface area contributed by atoms with Gasteiger partial charge in [-0.05, 0) is 0 Å². The minimum Gasteiger partial charge on any atom is -0.375 e. The number of cyclic esters (lactones) is 2. The van der Waals surface area contributed by atoms with Gasteiger partial charge in [0.15, 0.2) is 8.24 Å². The molecule has 0 bridgehead atoms. The summed E-state index contributed by atoms with van der Waals surface area (Å²) in [6, 6.07) is 0. The summed E-state index contributed by atoms with van der Waals surface area (Å²) in [5.74, 6) is -0.433. The first kappa shape index (κ1) is 8.26. The van der Waals surface area contributed by atoms with E-state index < -0.39 is 20.3 Å². The Hall–Kier alpha value is -0.843. The van der Waals surface area contributed by atoms with Crippen LogP contribution in [0.15, 0.2) is 0 Å². The third-order valence-corrected chi connectivity index (χ3v) is 3.48. The van der Waals surface area contributed by atoms with E-state index in [1.807, 2.05) is 19.6 Å². The fraction of sp³-hybridized carbons (Fsp3) is 0.667. The molecule has 1 saturated heterocycles. The van der Waals surface area contributed by atoms with Crippen LogP contribution < -0.4 is 0 Å². The SMILES string of the molecule is C[Si](C)(C)N1CC(=O)OC1=O. The lowest BCUT2D eigenvalue weighted by Gasteiger charge is -2.25. The van der Waals surface area contributed by atoms with Gasteiger partial charge in [0.2, 0.25) is 0 Å². The summed E-state index contributed by atoms with van der Waals surface area (Å²) in [5.41, 5.74) is 0. The Balaban J connectivity index is 2.76. The van der Waals surface area contributed by atoms with Gasteiger partial charge in [-0.15, -0.1) is 0 Å². The highest BCUT2D eigenvalue weighted by Crippen LogP contribution is 2.15. The fourth-order valence-corrected chi connectivity index (χ4v) is 2.09. The second-order valence-electron chi connectivity index (χ2n) is 3.50. The van der Waals surface area contributed by atoms with E-state index in [-0.39, 0.29) is 6.54 Å². The number of ether oxygens (including phenoxy) is 1. The molecule has 0 N–H and O–H groups in total. The lowest BCUT2D eigenvalue weighted by atomic mass is 10.7. The van der Waals surface area contributed by atoms with Crippen molar-refractivity contribution in [2.75, 3.05) is 6.54 Å². The Kier molecular flexibility index (Phi) is 1.75. The number of nitrogens with zero attached hydrogens (tertiary/aromatic N) is 1. The van der Waals surface area contributed by atoms with Gasteiger partial charge < -0.3 is 9.30 Å². The van der Waals surface area contributed by atoms with Gasteiger partial charge in [0, 0.05) is 0 Å². The number of carbonyl (C=O) groups is 2. The zero-order valence-corrected chi connectivity index (χ0v) is 7.88. The van der Waals surface area contributed by atoms with E-state index in [1.54, 1.807) is 0 Å². The van der Waals surface area contributed by atoms with Crippen molar-refractivity contribution in [1.29, 1.82) is 0 Å². The van der Waals surface area contributed by atoms with Gasteiger partial charge in [-0.1, -0.05) is 19.6 Å². The van der Waals surface area contributed by atoms with Crippen LogP contribution in [0.25, 0.3) is 0 Å². The van der Waals surface area contributed by atoms with Gasteiger partial charge in [0.25, 0.3) is 0 Å². The van der Waals surface area contributed by atoms with Crippen molar-refractivity contribution in [3.8, 4) is 0 Å². The number of hydrogen-bond donors (Lipinski definition) is 0. The molecular weight excluding hydrogens is 162 g/mol. The van der Waals surface area contributed by atoms with E-state index in [0.29, 0.717) is 0 Å². The average Bonchev–Trinajstić information content (AvgIpc) is 2.08. The Morgan fingerprint density at radius 3 is 2.09 bits per heavy atom. The smallest absolute Gasteiger partial charge is 0.375 e. The fourth-order valence-electron chi connectivity index (χ4n) is 0.889. The highest BCUT2D eigenvalue weighted by Gasteiger charge is 2.38. The first-order chi connectivity index (χ1) is 4.91. The first-order valence-corrected chi connectivity index (χ1v) is 6.88. The van der Waals surface area contributed by atoms with E-state index in [9.17, 15) is 9.59 Å². The van der Waals surface area contributed by atoms with Crippen molar-refractivity contribution in [2.45, 2.75) is 19.6 Å². The number of hydrogen-bond acceptors (Lipinski definition) is 3. The maximum Gasteiger partial charge on any atom is 0.409 e. The molecule has 0 saturated carbocycles. The summed E-state index contributed by atoms with van der Waals surface area (Å²) in [4.78, 5) is 21.6. The van der Waals surface area contributed by atoms with Crippen LogP contribution in [-0.4, -0.2) is 31.4 Å². The third-order valence-electron chi connectivity index (χ3n) is 1.52. The maximum atomic E-state index is 10.9. The minimum absolute atomic E-state index is 0.133. The number of carbonyl (C=O) groups excluding carboxylic acids is 2. The molecule has 62 valence electrons. The zero-order chi connectivity index (χ0) is 8.65. The van der Waals surface area contributed by atoms with Crippen LogP contribution in [0, 0.1) is 0 Å². The molecule has 0 radical (unpaired) electrons. The van der Waals surface area contributed by atoms with Crippen LogP contribution in [0.4, 0.5) is 4.79 Å². The second kappa shape index (κ2) is 2.33. The van der Waals surface area contributed by atoms with Crippen molar-refractivity contribution >= 4 is 20.3 Å². The van der Waals surface area contributed by atoms with E-state index in [4.69, 9.17) is 0 Å². The Morgan fingerprint density at radius 2 is 1.91 bits per heavy atom. The summed E-state index contributed by atoms with van der Waals surface area (Å²) in [7, 11) is -1.69. The summed E-state index contributed by atoms with van der Waals surface area (Å²) < 4.78 is 5.92. The highest BCUT2D eigenvalue weighted by atomic mass is 28.3. The predicted octanol–water partition coefficient (Wildman–Crippen LogP) is 0.800. The molecule has 0 aromatic rings. The van der Waals surface area contributed by atoms with Gasteiger partial charge in [0.05, 0.1) is 0 Å². The third kappa shape index (κ3) is 1.59. The Bertz CT molecular complexity index is 208. The normalized spacial score (nSPS) is 19.0. The molecule has 0 atom stereocenters. The molecule has 5 heteroatoms. The molecule has 1 rings (SSSR count). The molecule has 0 aromatic carbocycles. The summed E-state index contributed by atoms with van der Waals surface area (Å²) >= 11 is 0. The van der Waals surface area contributed by atoms with Crippen LogP contribution in [-0.2, 0) is 9.53 Å². The summed E-state index contributed by atoms with van der Waals surface area (Å²) in [5, 5.41) is 0. The van der Waals surface area contributed by atoms with Crippen LogP contribution in [0.1, 0.15) is 0 Å². The minimum atomic E-state index is -1.69. The average molecular weight is 173 g/mol. The monoisotopic (exact) mass is 173 g/mol. The molecule has 1 heterocycles. The van der Waals surface area contributed by atoms with Crippen molar-refractivity contribution in [1.82, 2.24) is 4.57 Å². The molecule has 1 aliphatic rings. The quantitative estimate of drug-likeness (QED) is 0.335. The standard InChI is InChI=1S/C6H11NO3Si/c1-11(2,3)7-4-5(8)10-6(7)9/h4H2,1-3H3. The van der Waals surface area contributed by atoms with Crippen molar-refractivity contribution in [2.24, 2.45) is 0 Å². The molecule has 0 aliphatic carbocycles. The van der Waals surface area contributed by atoms with E-state index in [2.05, 4.69) is 4.74 Å². The van der Waals surface area contributed by atoms with Crippen molar-refractivity contribution in [3.05, 3.63) is 0 Å². The lowest BCUT2D eigenvalue weighted by Crippen LogP contribution is -2.46. The first-order valence-electron chi connectivity index (χ1n) is 3.43. The number of amides is 1. The van der Waals surface area contributed by atoms with E-state index in [0.717, 1.165) is 0 Å². The van der Waals surface area contributed by atoms with Gasteiger partial charge in [0.1, 0.15) is 6.54 Å². The molecule has 1 aliphatic heterocycles. The molecule has 4 nitrogen and oxygen atoms in total. The summed E-state index contributed by atoms with van der Waals surface area (Å²) in [6.45, 7) is 6.11. The molecule has 1 amide bonds. The number of rotatable bonds is 1. The van der Waals surface area contributed by atoms with E-state index >= 15 is 0 Å². The van der Waals surface area contributed by atoms with Gasteiger partial charge in [-0.2, -0.15) is 0 Å². The van der Waals surface area contributed by atoms with Gasteiger partial charge in [-0.25, -0.2) is 9.59 Å². The molecule has 0 unspecified atom stereocenters. The largest absolute Gasteiger partial charge is 0.409 e. The second-order valence-corrected chi connectivity index (χ2v) is 8.38. The number of esters is 1. The van der Waals surface area contributed by atoms with Crippen LogP contribution in [0.5, 0.6) is 0 Å². The van der Waals surface area contributed by atoms with Crippen molar-refractivity contribution < 1.29 is 14.3 Å². The molecule has 11 heavy (non-hydrogen) atoms. The van der Waals surface area contributed by atoms with Crippen LogP contribution in [0.3, 0.4) is 0 Å².